The third-order valence-corrected chi connectivity index (χ3v) is 2.08. The Labute approximate surface area is 99.6 Å². The molecule has 0 spiro atoms. The van der Waals surface area contributed by atoms with Crippen molar-refractivity contribution >= 4 is 23.3 Å². The van der Waals surface area contributed by atoms with Gasteiger partial charge in [-0.2, -0.15) is 0 Å². The van der Waals surface area contributed by atoms with Gasteiger partial charge in [-0.25, -0.2) is 0 Å². The van der Waals surface area contributed by atoms with E-state index in [0.717, 1.165) is 0 Å². The number of rotatable bonds is 5. The average Bonchev–Trinajstić information content (AvgIpc) is 2.16. The van der Waals surface area contributed by atoms with Gasteiger partial charge in [-0.05, 0) is 18.1 Å². The van der Waals surface area contributed by atoms with E-state index in [9.17, 15) is 4.79 Å². The van der Waals surface area contributed by atoms with Crippen LogP contribution in [0.2, 0.25) is 5.15 Å². The second kappa shape index (κ2) is 5.65. The smallest absolute Gasteiger partial charge is 0.236 e. The van der Waals surface area contributed by atoms with Gasteiger partial charge in [0.05, 0.1) is 6.54 Å². The molecule has 1 aromatic rings. The topological polar surface area (TPSA) is 72.1 Å². The van der Waals surface area contributed by atoms with Gasteiger partial charge in [0.25, 0.3) is 0 Å². The summed E-state index contributed by atoms with van der Waals surface area (Å²) in [5.74, 6) is 0.617. The number of carbonyl (C=O) groups is 1. The molecule has 2 N–H and O–H groups in total. The molecule has 1 heterocycles. The highest BCUT2D eigenvalue weighted by atomic mass is 35.5. The molecule has 0 fully saturated rings. The highest BCUT2D eigenvalue weighted by Gasteiger charge is 2.12. The SMILES string of the molecule is CC(C)CN(CC(N)=O)c1ccc(Cl)nn1. The number of nitrogens with zero attached hydrogens (tertiary/aromatic N) is 3. The zero-order valence-electron chi connectivity index (χ0n) is 9.35. The highest BCUT2D eigenvalue weighted by molar-refractivity contribution is 6.29. The first-order valence-electron chi connectivity index (χ1n) is 5.01. The lowest BCUT2D eigenvalue weighted by atomic mass is 10.2. The first-order chi connectivity index (χ1) is 7.49. The molecule has 0 aliphatic rings. The van der Waals surface area contributed by atoms with Gasteiger partial charge in [0.15, 0.2) is 11.0 Å². The minimum Gasteiger partial charge on any atom is -0.368 e. The van der Waals surface area contributed by atoms with Crippen molar-refractivity contribution in [3.8, 4) is 0 Å². The van der Waals surface area contributed by atoms with Crippen LogP contribution in [0.4, 0.5) is 5.82 Å². The van der Waals surface area contributed by atoms with E-state index >= 15 is 0 Å². The molecule has 0 radical (unpaired) electrons. The van der Waals surface area contributed by atoms with E-state index in [-0.39, 0.29) is 6.54 Å². The van der Waals surface area contributed by atoms with Gasteiger partial charge >= 0.3 is 0 Å². The van der Waals surface area contributed by atoms with E-state index in [0.29, 0.717) is 23.4 Å². The van der Waals surface area contributed by atoms with Crippen molar-refractivity contribution in [1.29, 1.82) is 0 Å². The molecule has 88 valence electrons. The number of anilines is 1. The van der Waals surface area contributed by atoms with E-state index in [4.69, 9.17) is 17.3 Å². The highest BCUT2D eigenvalue weighted by Crippen LogP contribution is 2.13. The molecule has 0 aliphatic carbocycles. The van der Waals surface area contributed by atoms with Gasteiger partial charge in [-0.1, -0.05) is 25.4 Å². The number of primary amides is 1. The Kier molecular flexibility index (Phi) is 4.49. The van der Waals surface area contributed by atoms with Gasteiger partial charge in [-0.3, -0.25) is 4.79 Å². The molecule has 1 amide bonds. The largest absolute Gasteiger partial charge is 0.368 e. The molecule has 1 rings (SSSR count). The lowest BCUT2D eigenvalue weighted by molar-refractivity contribution is -0.116. The zero-order valence-corrected chi connectivity index (χ0v) is 10.1. The normalized spacial score (nSPS) is 10.5. The summed E-state index contributed by atoms with van der Waals surface area (Å²) in [6, 6.07) is 3.36. The molecule has 1 aromatic heterocycles. The van der Waals surface area contributed by atoms with Gasteiger partial charge in [0.2, 0.25) is 5.91 Å². The van der Waals surface area contributed by atoms with Crippen molar-refractivity contribution in [3.63, 3.8) is 0 Å². The maximum absolute atomic E-state index is 10.9. The Bertz CT molecular complexity index is 352. The molecule has 0 bridgehead atoms. The molecular weight excluding hydrogens is 228 g/mol. The number of aromatic nitrogens is 2. The van der Waals surface area contributed by atoms with Crippen molar-refractivity contribution in [2.45, 2.75) is 13.8 Å². The summed E-state index contributed by atoms with van der Waals surface area (Å²) in [5.41, 5.74) is 5.18. The van der Waals surface area contributed by atoms with Crippen molar-refractivity contribution in [3.05, 3.63) is 17.3 Å². The van der Waals surface area contributed by atoms with Crippen LogP contribution >= 0.6 is 11.6 Å². The predicted molar refractivity (Wildman–Crippen MR) is 63.3 cm³/mol. The first kappa shape index (κ1) is 12.7. The van der Waals surface area contributed by atoms with Crippen molar-refractivity contribution in [2.24, 2.45) is 11.7 Å². The predicted octanol–water partition coefficient (Wildman–Crippen LogP) is 1.08. The van der Waals surface area contributed by atoms with Gasteiger partial charge < -0.3 is 10.6 Å². The zero-order chi connectivity index (χ0) is 12.1. The van der Waals surface area contributed by atoms with E-state index < -0.39 is 5.91 Å². The van der Waals surface area contributed by atoms with Crippen LogP contribution in [-0.2, 0) is 4.79 Å². The number of amides is 1. The van der Waals surface area contributed by atoms with E-state index in [1.165, 1.54) is 0 Å². The molecule has 0 aliphatic heterocycles. The number of nitrogens with two attached hydrogens (primary N) is 1. The van der Waals surface area contributed by atoms with E-state index in [1.54, 1.807) is 17.0 Å². The number of hydrogen-bond acceptors (Lipinski definition) is 4. The second-order valence-electron chi connectivity index (χ2n) is 3.95. The quantitative estimate of drug-likeness (QED) is 0.839. The third-order valence-electron chi connectivity index (χ3n) is 1.87. The standard InChI is InChI=1S/C10H15ClN4O/c1-7(2)5-15(6-9(12)16)10-4-3-8(11)13-14-10/h3-4,7H,5-6H2,1-2H3,(H2,12,16). The summed E-state index contributed by atoms with van der Waals surface area (Å²) in [5, 5.41) is 7.98. The van der Waals surface area contributed by atoms with Crippen LogP contribution < -0.4 is 10.6 Å². The van der Waals surface area contributed by atoms with Crippen LogP contribution in [-0.4, -0.2) is 29.2 Å². The molecular formula is C10H15ClN4O. The van der Waals surface area contributed by atoms with Crippen LogP contribution in [0.5, 0.6) is 0 Å². The maximum Gasteiger partial charge on any atom is 0.236 e. The second-order valence-corrected chi connectivity index (χ2v) is 4.34. The van der Waals surface area contributed by atoms with Gasteiger partial charge in [0.1, 0.15) is 0 Å². The van der Waals surface area contributed by atoms with Gasteiger partial charge in [0, 0.05) is 6.54 Å². The first-order valence-corrected chi connectivity index (χ1v) is 5.39. The maximum atomic E-state index is 10.9. The van der Waals surface area contributed by atoms with Gasteiger partial charge in [-0.15, -0.1) is 10.2 Å². The lowest BCUT2D eigenvalue weighted by Crippen LogP contribution is -2.36. The van der Waals surface area contributed by atoms with Crippen LogP contribution in [0.15, 0.2) is 12.1 Å². The minimum atomic E-state index is -0.391. The third kappa shape index (κ3) is 4.02. The van der Waals surface area contributed by atoms with E-state index in [1.807, 2.05) is 0 Å². The molecule has 0 aromatic carbocycles. The van der Waals surface area contributed by atoms with Crippen LogP contribution in [0, 0.1) is 5.92 Å². The average molecular weight is 243 g/mol. The fraction of sp³-hybridized carbons (Fsp3) is 0.500. The lowest BCUT2D eigenvalue weighted by Gasteiger charge is -2.23. The Morgan fingerprint density at radius 1 is 1.50 bits per heavy atom. The van der Waals surface area contributed by atoms with Crippen LogP contribution in [0.25, 0.3) is 0 Å². The molecule has 16 heavy (non-hydrogen) atoms. The Morgan fingerprint density at radius 3 is 2.62 bits per heavy atom. The summed E-state index contributed by atoms with van der Waals surface area (Å²) in [7, 11) is 0. The monoisotopic (exact) mass is 242 g/mol. The Hall–Kier alpha value is -1.36. The fourth-order valence-corrected chi connectivity index (χ4v) is 1.45. The summed E-state index contributed by atoms with van der Waals surface area (Å²) in [4.78, 5) is 12.7. The summed E-state index contributed by atoms with van der Waals surface area (Å²) in [6.45, 7) is 4.93. The number of halogens is 1. The molecule has 5 nitrogen and oxygen atoms in total. The van der Waals surface area contributed by atoms with Crippen molar-refractivity contribution in [1.82, 2.24) is 10.2 Å². The Morgan fingerprint density at radius 2 is 2.19 bits per heavy atom. The number of carbonyl (C=O) groups excluding carboxylic acids is 1. The number of hydrogen-bond donors (Lipinski definition) is 1. The van der Waals surface area contributed by atoms with Crippen molar-refractivity contribution in [2.75, 3.05) is 18.0 Å². The summed E-state index contributed by atoms with van der Waals surface area (Å²) in [6.07, 6.45) is 0. The van der Waals surface area contributed by atoms with Crippen LogP contribution in [0.1, 0.15) is 13.8 Å². The molecule has 0 saturated heterocycles. The van der Waals surface area contributed by atoms with Crippen LogP contribution in [0.3, 0.4) is 0 Å². The molecule has 6 heteroatoms. The molecule has 0 atom stereocenters. The summed E-state index contributed by atoms with van der Waals surface area (Å²) >= 11 is 5.64. The molecule has 0 unspecified atom stereocenters. The van der Waals surface area contributed by atoms with Crippen molar-refractivity contribution < 1.29 is 4.79 Å². The fourth-order valence-electron chi connectivity index (χ4n) is 1.35. The molecule has 0 saturated carbocycles. The Balaban J connectivity index is 2.82. The minimum absolute atomic E-state index is 0.133. The van der Waals surface area contributed by atoms with E-state index in [2.05, 4.69) is 24.0 Å². The summed E-state index contributed by atoms with van der Waals surface area (Å²) < 4.78 is 0.